The number of halogens is 1. The fourth-order valence-electron chi connectivity index (χ4n) is 1.54. The van der Waals surface area contributed by atoms with E-state index in [-0.39, 0.29) is 9.84 Å². The molecule has 1 aromatic carbocycles. The largest absolute Gasteiger partial charge is 0.369 e. The van der Waals surface area contributed by atoms with Gasteiger partial charge in [0.1, 0.15) is 5.02 Å². The standard InChI is InChI=1S/C9H11ClN4O2S/c1-14(2,17(15)16)8-4-7-6(3-5(8)10)12-9(11)13-7/h3-4H,1-2H3,(H3-,11,12,13,15,16)/p+1. The number of nitrogens with one attached hydrogen (secondary N) is 1. The molecule has 0 saturated heterocycles. The molecule has 0 aliphatic rings. The highest BCUT2D eigenvalue weighted by molar-refractivity contribution is 7.78. The Morgan fingerprint density at radius 1 is 1.53 bits per heavy atom. The van der Waals surface area contributed by atoms with Gasteiger partial charge >= 0.3 is 11.3 Å². The van der Waals surface area contributed by atoms with E-state index in [1.54, 1.807) is 26.2 Å². The van der Waals surface area contributed by atoms with Gasteiger partial charge in [0.15, 0.2) is 11.6 Å². The van der Waals surface area contributed by atoms with Crippen LogP contribution in [0.15, 0.2) is 12.1 Å². The van der Waals surface area contributed by atoms with Gasteiger partial charge in [-0.2, -0.15) is 8.10 Å². The number of nitrogen functional groups attached to an aromatic ring is 1. The molecular weight excluding hydrogens is 264 g/mol. The van der Waals surface area contributed by atoms with Gasteiger partial charge in [-0.1, -0.05) is 11.6 Å². The fourth-order valence-corrected chi connectivity index (χ4v) is 2.28. The number of hydrogen-bond acceptors (Lipinski definition) is 3. The van der Waals surface area contributed by atoms with E-state index in [4.69, 9.17) is 17.3 Å². The van der Waals surface area contributed by atoms with E-state index in [0.29, 0.717) is 21.7 Å². The third-order valence-corrected chi connectivity index (χ3v) is 3.82. The van der Waals surface area contributed by atoms with Crippen LogP contribution < -0.4 is 9.62 Å². The zero-order valence-electron chi connectivity index (χ0n) is 9.27. The maximum Gasteiger partial charge on any atom is 0.363 e. The topological polar surface area (TPSA) is 92.0 Å². The van der Waals surface area contributed by atoms with E-state index in [1.165, 1.54) is 0 Å². The monoisotopic (exact) mass is 275 g/mol. The van der Waals surface area contributed by atoms with Gasteiger partial charge in [-0.05, 0) is 6.07 Å². The van der Waals surface area contributed by atoms with Crippen molar-refractivity contribution in [1.29, 1.82) is 0 Å². The van der Waals surface area contributed by atoms with E-state index >= 15 is 0 Å². The van der Waals surface area contributed by atoms with Gasteiger partial charge < -0.3 is 10.7 Å². The van der Waals surface area contributed by atoms with Crippen molar-refractivity contribution < 1.29 is 8.76 Å². The molecule has 1 aromatic heterocycles. The third kappa shape index (κ3) is 2.02. The summed E-state index contributed by atoms with van der Waals surface area (Å²) in [7, 11) is 3.17. The number of aromatic nitrogens is 2. The van der Waals surface area contributed by atoms with Crippen LogP contribution in [0.2, 0.25) is 5.02 Å². The first kappa shape index (κ1) is 12.3. The molecule has 8 heteroatoms. The highest BCUT2D eigenvalue weighted by Gasteiger charge is 2.30. The molecule has 92 valence electrons. The van der Waals surface area contributed by atoms with Gasteiger partial charge in [0.05, 0.1) is 25.1 Å². The molecule has 1 atom stereocenters. The molecule has 0 fully saturated rings. The normalized spacial score (nSPS) is 14.1. The average molecular weight is 276 g/mol. The number of nitrogens with two attached hydrogens (primary N) is 1. The van der Waals surface area contributed by atoms with E-state index in [2.05, 4.69) is 9.97 Å². The van der Waals surface area contributed by atoms with Crippen LogP contribution in [0.25, 0.3) is 11.0 Å². The number of aromatic amines is 1. The lowest BCUT2D eigenvalue weighted by Gasteiger charge is -2.23. The number of H-pyrrole nitrogens is 1. The molecule has 2 aromatic rings. The Bertz CT molecular complexity index is 610. The summed E-state index contributed by atoms with van der Waals surface area (Å²) < 4.78 is 20.3. The van der Waals surface area contributed by atoms with Crippen molar-refractivity contribution in [3.8, 4) is 0 Å². The van der Waals surface area contributed by atoms with Crippen LogP contribution >= 0.6 is 11.6 Å². The molecule has 0 bridgehead atoms. The molecule has 1 unspecified atom stereocenters. The van der Waals surface area contributed by atoms with E-state index in [1.807, 2.05) is 0 Å². The SMILES string of the molecule is C[N+](C)(c1cc2[nH]c(N)nc2cc1Cl)S(=O)O. The molecule has 1 heterocycles. The Morgan fingerprint density at radius 2 is 2.18 bits per heavy atom. The smallest absolute Gasteiger partial charge is 0.363 e. The van der Waals surface area contributed by atoms with Crippen LogP contribution in [0, 0.1) is 0 Å². The van der Waals surface area contributed by atoms with Crippen LogP contribution in [0.4, 0.5) is 11.6 Å². The van der Waals surface area contributed by atoms with Crippen molar-refractivity contribution in [2.24, 2.45) is 0 Å². The van der Waals surface area contributed by atoms with Gasteiger partial charge in [0.2, 0.25) is 0 Å². The molecule has 2 rings (SSSR count). The highest BCUT2D eigenvalue weighted by Crippen LogP contribution is 2.33. The quantitative estimate of drug-likeness (QED) is 0.572. The number of anilines is 1. The van der Waals surface area contributed by atoms with Crippen molar-refractivity contribution in [2.45, 2.75) is 0 Å². The summed E-state index contributed by atoms with van der Waals surface area (Å²) in [4.78, 5) is 6.89. The van der Waals surface area contributed by atoms with Crippen LogP contribution in [0.1, 0.15) is 0 Å². The second-order valence-corrected chi connectivity index (χ2v) is 5.81. The first-order valence-electron chi connectivity index (χ1n) is 4.73. The van der Waals surface area contributed by atoms with Gasteiger partial charge in [-0.15, -0.1) is 0 Å². The molecule has 0 amide bonds. The Balaban J connectivity index is 2.69. The minimum absolute atomic E-state index is 0.256. The number of hydrogen-bond donors (Lipinski definition) is 3. The second-order valence-electron chi connectivity index (χ2n) is 4.02. The summed E-state index contributed by atoms with van der Waals surface area (Å²) >= 11 is 4.00. The van der Waals surface area contributed by atoms with Gasteiger partial charge in [-0.25, -0.2) is 4.98 Å². The second kappa shape index (κ2) is 3.95. The van der Waals surface area contributed by atoms with Gasteiger partial charge in [-0.3, -0.25) is 4.55 Å². The Kier molecular flexibility index (Phi) is 2.86. The van der Waals surface area contributed by atoms with Crippen LogP contribution in [0.3, 0.4) is 0 Å². The highest BCUT2D eigenvalue weighted by atomic mass is 35.5. The van der Waals surface area contributed by atoms with E-state index < -0.39 is 11.3 Å². The Hall–Kier alpha value is -1.15. The first-order valence-corrected chi connectivity index (χ1v) is 6.17. The number of quaternary nitrogens is 1. The molecule has 0 aliphatic carbocycles. The lowest BCUT2D eigenvalue weighted by molar-refractivity contribution is 0.484. The molecular formula is C9H12ClN4O2S+. The van der Waals surface area contributed by atoms with Crippen LogP contribution in [0.5, 0.6) is 0 Å². The maximum absolute atomic E-state index is 11.3. The molecule has 6 nitrogen and oxygen atoms in total. The van der Waals surface area contributed by atoms with Crippen LogP contribution in [-0.4, -0.2) is 32.8 Å². The number of imidazole rings is 1. The minimum atomic E-state index is -2.09. The van der Waals surface area contributed by atoms with Crippen LogP contribution in [-0.2, 0) is 11.3 Å². The summed E-state index contributed by atoms with van der Waals surface area (Å²) in [6, 6.07) is 3.29. The van der Waals surface area contributed by atoms with E-state index in [9.17, 15) is 8.76 Å². The summed E-state index contributed by atoms with van der Waals surface area (Å²) in [6.07, 6.45) is 0. The molecule has 4 N–H and O–H groups in total. The van der Waals surface area contributed by atoms with Gasteiger partial charge in [0, 0.05) is 6.07 Å². The lowest BCUT2D eigenvalue weighted by atomic mass is 10.2. The predicted octanol–water partition coefficient (Wildman–Crippen LogP) is 1.50. The van der Waals surface area contributed by atoms with Crippen molar-refractivity contribution >= 4 is 45.5 Å². The van der Waals surface area contributed by atoms with E-state index in [0.717, 1.165) is 0 Å². The minimum Gasteiger partial charge on any atom is -0.369 e. The summed E-state index contributed by atoms with van der Waals surface area (Å²) in [5.74, 6) is 0.281. The van der Waals surface area contributed by atoms with Crippen molar-refractivity contribution in [1.82, 2.24) is 13.9 Å². The Morgan fingerprint density at radius 3 is 2.76 bits per heavy atom. The van der Waals surface area contributed by atoms with Gasteiger partial charge in [0.25, 0.3) is 0 Å². The number of benzene rings is 1. The fraction of sp³-hybridized carbons (Fsp3) is 0.222. The zero-order chi connectivity index (χ0) is 12.8. The van der Waals surface area contributed by atoms with Crippen molar-refractivity contribution in [2.75, 3.05) is 19.8 Å². The lowest BCUT2D eigenvalue weighted by Crippen LogP contribution is -2.42. The Labute approximate surface area is 105 Å². The predicted molar refractivity (Wildman–Crippen MR) is 69.9 cm³/mol. The maximum atomic E-state index is 11.3. The van der Waals surface area contributed by atoms with Crippen molar-refractivity contribution in [3.63, 3.8) is 0 Å². The molecule has 17 heavy (non-hydrogen) atoms. The average Bonchev–Trinajstić information content (AvgIpc) is 2.55. The molecule has 0 saturated carbocycles. The summed E-state index contributed by atoms with van der Waals surface area (Å²) in [6.45, 7) is 0. The summed E-state index contributed by atoms with van der Waals surface area (Å²) in [5.41, 5.74) is 7.36. The first-order chi connectivity index (χ1) is 7.82. The zero-order valence-corrected chi connectivity index (χ0v) is 10.8. The summed E-state index contributed by atoms with van der Waals surface area (Å²) in [5, 5.41) is 0.372. The number of nitrogens with zero attached hydrogens (tertiary/aromatic N) is 2. The van der Waals surface area contributed by atoms with Crippen molar-refractivity contribution in [3.05, 3.63) is 17.2 Å². The molecule has 0 radical (unpaired) electrons. The molecule has 0 aliphatic heterocycles. The number of rotatable bonds is 2. The molecule has 0 spiro atoms. The number of fused-ring (bicyclic) bond motifs is 1. The third-order valence-electron chi connectivity index (χ3n) is 2.54.